The van der Waals surface area contributed by atoms with Gasteiger partial charge in [0.1, 0.15) is 0 Å². The molecule has 0 aromatic carbocycles. The van der Waals surface area contributed by atoms with Crippen LogP contribution in [0.15, 0.2) is 13.6 Å². The van der Waals surface area contributed by atoms with E-state index in [0.29, 0.717) is 0 Å². The molecule has 0 unspecified atom stereocenters. The maximum Gasteiger partial charge on any atom is 0.356 e. The average molecular weight is 271 g/mol. The minimum atomic E-state index is -4.47. The van der Waals surface area contributed by atoms with E-state index in [-0.39, 0.29) is 0 Å². The Labute approximate surface area is 87.4 Å². The molecule has 0 bridgehead atoms. The van der Waals surface area contributed by atoms with E-state index >= 15 is 0 Å². The molecule has 1 N–H and O–H groups in total. The lowest BCUT2D eigenvalue weighted by molar-refractivity contribution is 0.484. The molecule has 14 nitrogen and oxygen atoms in total. The lowest BCUT2D eigenvalue weighted by atomic mass is 13.0. The Balaban J connectivity index is 0. The number of hydrogen-bond donors (Lipinski definition) is 1. The molecule has 0 rings (SSSR count). The van der Waals surface area contributed by atoms with Gasteiger partial charge in [0.2, 0.25) is 0 Å². The first kappa shape index (κ1) is 16.2. The van der Waals surface area contributed by atoms with E-state index in [0.717, 1.165) is 0 Å². The minimum Gasteiger partial charge on any atom is -0.279 e. The van der Waals surface area contributed by atoms with Crippen molar-refractivity contribution in [2.45, 2.75) is 0 Å². The smallest absolute Gasteiger partial charge is 0.279 e. The summed E-state index contributed by atoms with van der Waals surface area (Å²) >= 11 is 0. The fourth-order valence-electron chi connectivity index (χ4n) is 0.155. The standard InChI is InChI=1S/N6O2S.HN3O3S/c1-3-5-9(7,8)6-4-2;1-2-3-7(4,5)6/h;(H,4,5,6). The largest absolute Gasteiger partial charge is 0.356 e. The van der Waals surface area contributed by atoms with E-state index in [1.165, 1.54) is 0 Å². The maximum absolute atomic E-state index is 9.99. The van der Waals surface area contributed by atoms with Crippen LogP contribution in [0.5, 0.6) is 0 Å². The Morgan fingerprint density at radius 2 is 1.12 bits per heavy atom. The van der Waals surface area contributed by atoms with E-state index in [2.05, 4.69) is 9.04 Å². The van der Waals surface area contributed by atoms with Gasteiger partial charge in [0.05, 0.1) is 4.52 Å². The summed E-state index contributed by atoms with van der Waals surface area (Å²) in [5.41, 5.74) is 22.4. The molecular formula is HN9O5S2. The molecule has 0 aliphatic carbocycles. The number of azide groups is 2. The highest BCUT2D eigenvalue weighted by atomic mass is 32.2. The molecular weight excluding hydrogens is 270 g/mol. The van der Waals surface area contributed by atoms with Gasteiger partial charge in [0, 0.05) is 23.8 Å². The summed E-state index contributed by atoms with van der Waals surface area (Å²) in [6, 6.07) is 0. The predicted molar refractivity (Wildman–Crippen MR) is 47.9 cm³/mol. The summed E-state index contributed by atoms with van der Waals surface area (Å²) in [6.07, 6.45) is 0. The zero-order chi connectivity index (χ0) is 13.2. The Hall–Kier alpha value is -2.21. The molecule has 16 heteroatoms. The summed E-state index contributed by atoms with van der Waals surface area (Å²) < 4.78 is 52.6. The Bertz CT molecular complexity index is 537. The molecule has 0 aromatic rings. The first-order chi connectivity index (χ1) is 7.18. The summed E-state index contributed by atoms with van der Waals surface area (Å²) in [7, 11) is -8.73. The molecule has 0 saturated carbocycles. The van der Waals surface area contributed by atoms with Gasteiger partial charge in [-0.2, -0.15) is 8.42 Å². The third-order valence-electron chi connectivity index (χ3n) is 0.419. The quantitative estimate of drug-likeness (QED) is 0.340. The van der Waals surface area contributed by atoms with Crippen LogP contribution in [0.4, 0.5) is 0 Å². The molecule has 0 saturated heterocycles. The summed E-state index contributed by atoms with van der Waals surface area (Å²) in [5, 5.41) is 0. The van der Waals surface area contributed by atoms with Crippen LogP contribution in [0, 0.1) is 0 Å². The topological polar surface area (TPSA) is 235 Å². The van der Waals surface area contributed by atoms with Gasteiger partial charge in [-0.15, -0.1) is 0 Å². The van der Waals surface area contributed by atoms with Crippen molar-refractivity contribution in [2.24, 2.45) is 13.6 Å². The first-order valence-corrected chi connectivity index (χ1v) is 5.39. The highest BCUT2D eigenvalue weighted by Gasteiger charge is 1.99. The number of nitrogens with zero attached hydrogens (tertiary/aromatic N) is 9. The lowest BCUT2D eigenvalue weighted by Crippen LogP contribution is -1.86. The zero-order valence-electron chi connectivity index (χ0n) is 6.92. The van der Waals surface area contributed by atoms with Gasteiger partial charge in [-0.05, 0) is 16.6 Å². The van der Waals surface area contributed by atoms with Gasteiger partial charge in [0.15, 0.2) is 0 Å². The van der Waals surface area contributed by atoms with Gasteiger partial charge in [-0.1, -0.05) is 0 Å². The van der Waals surface area contributed by atoms with Crippen molar-refractivity contribution in [3.8, 4) is 0 Å². The van der Waals surface area contributed by atoms with Gasteiger partial charge < -0.3 is 0 Å². The van der Waals surface area contributed by atoms with Crippen LogP contribution in [0.1, 0.15) is 0 Å². The monoisotopic (exact) mass is 271 g/mol. The van der Waals surface area contributed by atoms with Crippen molar-refractivity contribution < 1.29 is 21.4 Å². The van der Waals surface area contributed by atoms with Crippen molar-refractivity contribution in [3.05, 3.63) is 31.3 Å². The number of rotatable bonds is 3. The molecule has 0 fully saturated rings. The Morgan fingerprint density at radius 1 is 0.812 bits per heavy atom. The van der Waals surface area contributed by atoms with E-state index in [1.54, 1.807) is 4.91 Å². The van der Waals surface area contributed by atoms with Crippen molar-refractivity contribution in [1.29, 1.82) is 0 Å². The maximum atomic E-state index is 9.99. The van der Waals surface area contributed by atoms with Crippen LogP contribution in [-0.2, 0) is 20.5 Å². The summed E-state index contributed by atoms with van der Waals surface area (Å²) in [5.74, 6) is 0. The predicted octanol–water partition coefficient (Wildman–Crippen LogP) is 0.951. The second kappa shape index (κ2) is 7.13. The third kappa shape index (κ3) is 14.3. The van der Waals surface area contributed by atoms with E-state index < -0.39 is 20.5 Å². The third-order valence-corrected chi connectivity index (χ3v) is 1.26. The van der Waals surface area contributed by atoms with Gasteiger partial charge in [-0.3, -0.25) is 4.55 Å². The van der Waals surface area contributed by atoms with Crippen LogP contribution >= 0.6 is 0 Å². The molecule has 16 heavy (non-hydrogen) atoms. The van der Waals surface area contributed by atoms with E-state index in [1.807, 2.05) is 14.3 Å². The Morgan fingerprint density at radius 3 is 1.25 bits per heavy atom. The van der Waals surface area contributed by atoms with E-state index in [9.17, 15) is 16.8 Å². The number of hydrogen-bond acceptors (Lipinski definition) is 4. The van der Waals surface area contributed by atoms with Gasteiger partial charge in [0.25, 0.3) is 0 Å². The van der Waals surface area contributed by atoms with E-state index in [4.69, 9.17) is 21.1 Å². The highest BCUT2D eigenvalue weighted by Crippen LogP contribution is 1.92. The molecule has 0 aliphatic rings. The molecule has 0 spiro atoms. The van der Waals surface area contributed by atoms with Crippen LogP contribution in [0.25, 0.3) is 31.3 Å². The molecule has 0 amide bonds. The zero-order valence-corrected chi connectivity index (χ0v) is 8.55. The fourth-order valence-corrected chi connectivity index (χ4v) is 0.464. The first-order valence-electron chi connectivity index (χ1n) is 2.60. The molecule has 0 radical (unpaired) electrons. The van der Waals surface area contributed by atoms with Crippen LogP contribution in [0.3, 0.4) is 0 Å². The second-order valence-corrected chi connectivity index (χ2v) is 3.69. The molecule has 0 heterocycles. The molecule has 0 atom stereocenters. The Kier molecular flexibility index (Phi) is 7.23. The van der Waals surface area contributed by atoms with Crippen molar-refractivity contribution in [1.82, 2.24) is 0 Å². The van der Waals surface area contributed by atoms with Crippen molar-refractivity contribution in [2.75, 3.05) is 0 Å². The molecule has 0 aliphatic heterocycles. The van der Waals surface area contributed by atoms with Gasteiger partial charge >= 0.3 is 20.5 Å². The molecule has 0 aromatic heterocycles. The van der Waals surface area contributed by atoms with Crippen LogP contribution in [-0.4, -0.2) is 21.4 Å². The van der Waals surface area contributed by atoms with Crippen LogP contribution < -0.4 is 0 Å². The normalized spacial score (nSPS) is 9.31. The second-order valence-electron chi connectivity index (χ2n) is 1.41. The van der Waals surface area contributed by atoms with Crippen molar-refractivity contribution >= 4 is 20.5 Å². The average Bonchev–Trinajstić information content (AvgIpc) is 2.01. The van der Waals surface area contributed by atoms with Crippen LogP contribution in [0.2, 0.25) is 0 Å². The van der Waals surface area contributed by atoms with Crippen molar-refractivity contribution in [3.63, 3.8) is 0 Å². The fraction of sp³-hybridized carbons (Fsp3) is 0. The van der Waals surface area contributed by atoms with Gasteiger partial charge in [-0.25, -0.2) is 8.42 Å². The lowest BCUT2D eigenvalue weighted by Gasteiger charge is -1.73. The summed E-state index contributed by atoms with van der Waals surface area (Å²) in [6.45, 7) is 0. The highest BCUT2D eigenvalue weighted by molar-refractivity contribution is 7.88. The SMILES string of the molecule is [N-]=[N+]=NS(=O)(=O)N=[N+]=[N-].[N-]=[N+]=NS(=O)(=O)O. The summed E-state index contributed by atoms with van der Waals surface area (Å²) in [4.78, 5) is 5.59. The molecule has 88 valence electrons. The minimum absolute atomic E-state index is 1.79.